The number of hydrogen-bond acceptors (Lipinski definition) is 4. The van der Waals surface area contributed by atoms with Crippen LogP contribution in [0.3, 0.4) is 0 Å². The molecule has 0 unspecified atom stereocenters. The van der Waals surface area contributed by atoms with Crippen LogP contribution in [0.5, 0.6) is 0 Å². The van der Waals surface area contributed by atoms with Gasteiger partial charge >= 0.3 is 0 Å². The summed E-state index contributed by atoms with van der Waals surface area (Å²) in [5, 5.41) is 5.43. The van der Waals surface area contributed by atoms with Gasteiger partial charge in [-0.25, -0.2) is 4.98 Å². The van der Waals surface area contributed by atoms with E-state index in [1.165, 1.54) is 0 Å². The number of aromatic amines is 1. The Morgan fingerprint density at radius 3 is 2.80 bits per heavy atom. The van der Waals surface area contributed by atoms with Gasteiger partial charge in [0.2, 0.25) is 0 Å². The fourth-order valence-electron chi connectivity index (χ4n) is 3.04. The van der Waals surface area contributed by atoms with Crippen LogP contribution < -0.4 is 5.73 Å². The van der Waals surface area contributed by atoms with Gasteiger partial charge in [0.1, 0.15) is 5.82 Å². The van der Waals surface area contributed by atoms with Crippen molar-refractivity contribution >= 4 is 22.4 Å². The first kappa shape index (κ1) is 13.7. The van der Waals surface area contributed by atoms with Crippen molar-refractivity contribution in [1.82, 2.24) is 24.6 Å². The largest absolute Gasteiger partial charge is 0.384 e. The number of anilines is 1. The van der Waals surface area contributed by atoms with E-state index in [0.29, 0.717) is 5.82 Å². The number of nitrogens with one attached hydrogen (secondary N) is 1. The maximum atomic E-state index is 6.21. The fourth-order valence-corrected chi connectivity index (χ4v) is 3.04. The summed E-state index contributed by atoms with van der Waals surface area (Å²) in [7, 11) is 0. The molecule has 4 aromatic heterocycles. The Balaban J connectivity index is 1.74. The Bertz CT molecular complexity index is 1200. The number of H-pyrrole nitrogens is 1. The molecule has 6 heteroatoms. The molecule has 1 aromatic carbocycles. The molecule has 0 spiro atoms. The average Bonchev–Trinajstić information content (AvgIpc) is 3.30. The Morgan fingerprint density at radius 1 is 1.00 bits per heavy atom. The van der Waals surface area contributed by atoms with E-state index >= 15 is 0 Å². The molecule has 0 saturated heterocycles. The van der Waals surface area contributed by atoms with Crippen LogP contribution in [0.15, 0.2) is 67.3 Å². The second kappa shape index (κ2) is 5.17. The van der Waals surface area contributed by atoms with E-state index in [4.69, 9.17) is 10.7 Å². The van der Waals surface area contributed by atoms with Crippen molar-refractivity contribution in [2.24, 2.45) is 0 Å². The van der Waals surface area contributed by atoms with Crippen LogP contribution in [0.2, 0.25) is 0 Å². The smallest absolute Gasteiger partial charge is 0.165 e. The number of nitrogens with zero attached hydrogens (tertiary/aromatic N) is 4. The Labute approximate surface area is 143 Å². The standard InChI is InChI=1S/C19H14N6/c20-18-8-17(14-7-12-3-1-2-4-16(12)22-10-14)24-19-15(11-23-25(18)19)13-5-6-21-9-13/h1-11,21H,20H2. The van der Waals surface area contributed by atoms with E-state index in [1.54, 1.807) is 10.7 Å². The summed E-state index contributed by atoms with van der Waals surface area (Å²) in [4.78, 5) is 12.4. The molecule has 0 aliphatic carbocycles. The van der Waals surface area contributed by atoms with Gasteiger partial charge < -0.3 is 10.7 Å². The molecule has 6 nitrogen and oxygen atoms in total. The van der Waals surface area contributed by atoms with Gasteiger partial charge in [-0.2, -0.15) is 9.61 Å². The molecule has 25 heavy (non-hydrogen) atoms. The van der Waals surface area contributed by atoms with Crippen molar-refractivity contribution in [1.29, 1.82) is 0 Å². The molecule has 5 rings (SSSR count). The lowest BCUT2D eigenvalue weighted by atomic mass is 10.1. The first-order valence-corrected chi connectivity index (χ1v) is 7.92. The number of nitrogen functional groups attached to an aromatic ring is 1. The molecule has 0 radical (unpaired) electrons. The summed E-state index contributed by atoms with van der Waals surface area (Å²) < 4.78 is 1.65. The number of fused-ring (bicyclic) bond motifs is 2. The lowest BCUT2D eigenvalue weighted by molar-refractivity contribution is 0.953. The van der Waals surface area contributed by atoms with Crippen molar-refractivity contribution < 1.29 is 0 Å². The van der Waals surface area contributed by atoms with Crippen LogP contribution in [-0.4, -0.2) is 24.6 Å². The molecule has 0 saturated carbocycles. The number of rotatable bonds is 2. The van der Waals surface area contributed by atoms with Crippen LogP contribution in [0, 0.1) is 0 Å². The van der Waals surface area contributed by atoms with Gasteiger partial charge in [-0.1, -0.05) is 18.2 Å². The molecule has 0 amide bonds. The molecule has 3 N–H and O–H groups in total. The first-order chi connectivity index (χ1) is 12.3. The molecule has 0 bridgehead atoms. The van der Waals surface area contributed by atoms with Crippen LogP contribution in [-0.2, 0) is 0 Å². The van der Waals surface area contributed by atoms with Crippen molar-refractivity contribution in [3.05, 3.63) is 67.3 Å². The topological polar surface area (TPSA) is 84.9 Å². The van der Waals surface area contributed by atoms with Gasteiger partial charge in [-0.3, -0.25) is 4.98 Å². The number of pyridine rings is 1. The summed E-state index contributed by atoms with van der Waals surface area (Å²) >= 11 is 0. The molecule has 0 aliphatic rings. The summed E-state index contributed by atoms with van der Waals surface area (Å²) in [6.07, 6.45) is 7.40. The van der Waals surface area contributed by atoms with E-state index in [2.05, 4.69) is 21.1 Å². The maximum absolute atomic E-state index is 6.21. The Morgan fingerprint density at radius 2 is 1.92 bits per heavy atom. The van der Waals surface area contributed by atoms with Gasteiger partial charge in [0.05, 0.1) is 17.4 Å². The van der Waals surface area contributed by atoms with E-state index < -0.39 is 0 Å². The summed E-state index contributed by atoms with van der Waals surface area (Å²) in [6.45, 7) is 0. The van der Waals surface area contributed by atoms with E-state index in [0.717, 1.165) is 38.9 Å². The van der Waals surface area contributed by atoms with Crippen LogP contribution in [0.25, 0.3) is 38.9 Å². The normalized spacial score (nSPS) is 11.4. The summed E-state index contributed by atoms with van der Waals surface area (Å²) in [5.41, 5.74) is 11.5. The number of hydrogen-bond donors (Lipinski definition) is 2. The van der Waals surface area contributed by atoms with Crippen LogP contribution in [0.1, 0.15) is 0 Å². The summed E-state index contributed by atoms with van der Waals surface area (Å²) in [5.74, 6) is 0.537. The number of nitrogens with two attached hydrogens (primary N) is 1. The summed E-state index contributed by atoms with van der Waals surface area (Å²) in [6, 6.07) is 13.9. The lowest BCUT2D eigenvalue weighted by Crippen LogP contribution is -2.01. The minimum atomic E-state index is 0.537. The van der Waals surface area contributed by atoms with Crippen molar-refractivity contribution in [2.45, 2.75) is 0 Å². The highest BCUT2D eigenvalue weighted by molar-refractivity contribution is 5.84. The van der Waals surface area contributed by atoms with Gasteiger partial charge in [-0.15, -0.1) is 0 Å². The van der Waals surface area contributed by atoms with Crippen molar-refractivity contribution in [2.75, 3.05) is 5.73 Å². The van der Waals surface area contributed by atoms with Crippen molar-refractivity contribution in [3.63, 3.8) is 0 Å². The molecular weight excluding hydrogens is 312 g/mol. The second-order valence-electron chi connectivity index (χ2n) is 5.88. The molecule has 0 fully saturated rings. The van der Waals surface area contributed by atoms with Crippen molar-refractivity contribution in [3.8, 4) is 22.4 Å². The molecular formula is C19H14N6. The average molecular weight is 326 g/mol. The SMILES string of the molecule is Nc1cc(-c2cnc3ccccc3c2)nc2c(-c3cc[nH]c3)cnn12. The second-order valence-corrected chi connectivity index (χ2v) is 5.88. The number of aromatic nitrogens is 5. The monoisotopic (exact) mass is 326 g/mol. The minimum absolute atomic E-state index is 0.537. The van der Waals surface area contributed by atoms with E-state index in [1.807, 2.05) is 55.0 Å². The van der Waals surface area contributed by atoms with E-state index in [9.17, 15) is 0 Å². The third-order valence-electron chi connectivity index (χ3n) is 4.29. The van der Waals surface area contributed by atoms with Gasteiger partial charge in [-0.05, 0) is 18.2 Å². The fraction of sp³-hybridized carbons (Fsp3) is 0. The first-order valence-electron chi connectivity index (χ1n) is 7.92. The number of para-hydroxylation sites is 1. The van der Waals surface area contributed by atoms with Crippen LogP contribution in [0.4, 0.5) is 5.82 Å². The lowest BCUT2D eigenvalue weighted by Gasteiger charge is -2.06. The third kappa shape index (κ3) is 2.15. The van der Waals surface area contributed by atoms with Gasteiger partial charge in [0, 0.05) is 46.7 Å². The predicted octanol–water partition coefficient (Wildman–Crippen LogP) is 3.52. The van der Waals surface area contributed by atoms with Gasteiger partial charge in [0.15, 0.2) is 5.65 Å². The van der Waals surface area contributed by atoms with Crippen LogP contribution >= 0.6 is 0 Å². The molecule has 120 valence electrons. The molecule has 4 heterocycles. The zero-order valence-electron chi connectivity index (χ0n) is 13.2. The van der Waals surface area contributed by atoms with Gasteiger partial charge in [0.25, 0.3) is 0 Å². The maximum Gasteiger partial charge on any atom is 0.165 e. The quantitative estimate of drug-likeness (QED) is 0.520. The Hall–Kier alpha value is -3.67. The Kier molecular flexibility index (Phi) is 2.84. The molecule has 0 atom stereocenters. The third-order valence-corrected chi connectivity index (χ3v) is 4.29. The van der Waals surface area contributed by atoms with E-state index in [-0.39, 0.29) is 0 Å². The zero-order chi connectivity index (χ0) is 16.8. The highest BCUT2D eigenvalue weighted by atomic mass is 15.3. The zero-order valence-corrected chi connectivity index (χ0v) is 13.2. The predicted molar refractivity (Wildman–Crippen MR) is 97.9 cm³/mol. The molecule has 5 aromatic rings. The highest BCUT2D eigenvalue weighted by Gasteiger charge is 2.13. The highest BCUT2D eigenvalue weighted by Crippen LogP contribution is 2.28. The number of benzene rings is 1. The minimum Gasteiger partial charge on any atom is -0.384 e. The molecule has 0 aliphatic heterocycles.